The lowest BCUT2D eigenvalue weighted by Gasteiger charge is -2.34. The van der Waals surface area contributed by atoms with E-state index >= 15 is 0 Å². The molecule has 0 spiro atoms. The molecule has 2 heterocycles. The molecule has 0 saturated heterocycles. The third kappa shape index (κ3) is 2.73. The van der Waals surface area contributed by atoms with Gasteiger partial charge in [0.15, 0.2) is 0 Å². The van der Waals surface area contributed by atoms with Crippen molar-refractivity contribution in [2.24, 2.45) is 0 Å². The van der Waals surface area contributed by atoms with Crippen LogP contribution in [-0.4, -0.2) is 30.9 Å². The molecule has 1 aliphatic rings. The molecule has 6 heteroatoms. The van der Waals surface area contributed by atoms with Gasteiger partial charge in [-0.1, -0.05) is 35.9 Å². The minimum atomic E-state index is -0.712. The van der Waals surface area contributed by atoms with Crippen LogP contribution in [0.3, 0.4) is 0 Å². The largest absolute Gasteiger partial charge is 0.496 e. The summed E-state index contributed by atoms with van der Waals surface area (Å²) in [5.74, 6) is 2.11. The number of benzene rings is 2. The number of hydrogen-bond acceptors (Lipinski definition) is 5. The molecule has 0 radical (unpaired) electrons. The summed E-state index contributed by atoms with van der Waals surface area (Å²) >= 11 is 6.38. The van der Waals surface area contributed by atoms with Crippen LogP contribution in [0.15, 0.2) is 42.5 Å². The quantitative estimate of drug-likeness (QED) is 0.707. The number of halogens is 1. The van der Waals surface area contributed by atoms with E-state index in [2.05, 4.69) is 4.98 Å². The van der Waals surface area contributed by atoms with Crippen LogP contribution in [-0.2, 0) is 6.54 Å². The van der Waals surface area contributed by atoms with E-state index in [1.807, 2.05) is 47.4 Å². The van der Waals surface area contributed by atoms with Gasteiger partial charge in [-0.15, -0.1) is 0 Å². The summed E-state index contributed by atoms with van der Waals surface area (Å²) < 4.78 is 10.9. The number of hydrogen-bond donors (Lipinski definition) is 1. The summed E-state index contributed by atoms with van der Waals surface area (Å²) in [4.78, 5) is 6.55. The molecule has 0 saturated carbocycles. The Labute approximate surface area is 156 Å². The van der Waals surface area contributed by atoms with E-state index < -0.39 is 6.10 Å². The van der Waals surface area contributed by atoms with E-state index in [-0.39, 0.29) is 0 Å². The number of methoxy groups -OCH3 is 2. The van der Waals surface area contributed by atoms with Crippen LogP contribution >= 0.6 is 11.6 Å². The third-order valence-corrected chi connectivity index (χ3v) is 5.08. The summed E-state index contributed by atoms with van der Waals surface area (Å²) in [6, 6.07) is 13.5. The van der Waals surface area contributed by atoms with Crippen molar-refractivity contribution >= 4 is 28.2 Å². The first-order valence-corrected chi connectivity index (χ1v) is 8.72. The Morgan fingerprint density at radius 1 is 1.12 bits per heavy atom. The lowest BCUT2D eigenvalue weighted by Crippen LogP contribution is -2.34. The number of ether oxygens (including phenoxy) is 2. The fourth-order valence-corrected chi connectivity index (χ4v) is 3.81. The fourth-order valence-electron chi connectivity index (χ4n) is 3.56. The molecule has 2 aromatic carbocycles. The van der Waals surface area contributed by atoms with Gasteiger partial charge in [0.1, 0.15) is 28.6 Å². The van der Waals surface area contributed by atoms with Crippen LogP contribution in [0.5, 0.6) is 11.5 Å². The standard InChI is InChI=1S/C20H19ClN2O3/c1-25-16-7-8-17(26-2)19-14(16)10-23(11-15(19)24)18-9-12-5-3-4-6-13(12)20(21)22-18/h3-9,15,24H,10-11H2,1-2H3. The summed E-state index contributed by atoms with van der Waals surface area (Å²) in [6.45, 7) is 0.951. The molecule has 1 aliphatic heterocycles. The maximum Gasteiger partial charge on any atom is 0.139 e. The van der Waals surface area contributed by atoms with Gasteiger partial charge in [0.2, 0.25) is 0 Å². The zero-order chi connectivity index (χ0) is 18.3. The highest BCUT2D eigenvalue weighted by molar-refractivity contribution is 6.34. The van der Waals surface area contributed by atoms with Crippen LogP contribution in [0.4, 0.5) is 5.82 Å². The topological polar surface area (TPSA) is 54.8 Å². The summed E-state index contributed by atoms with van der Waals surface area (Å²) in [5.41, 5.74) is 1.67. The SMILES string of the molecule is COc1ccc(OC)c2c1CN(c1cc3ccccc3c(Cl)n1)CC2O. The summed E-state index contributed by atoms with van der Waals surface area (Å²) in [6.07, 6.45) is -0.712. The van der Waals surface area contributed by atoms with Gasteiger partial charge in [0.05, 0.1) is 20.8 Å². The van der Waals surface area contributed by atoms with Gasteiger partial charge < -0.3 is 19.5 Å². The van der Waals surface area contributed by atoms with E-state index in [9.17, 15) is 5.11 Å². The first-order chi connectivity index (χ1) is 12.6. The smallest absolute Gasteiger partial charge is 0.139 e. The minimum Gasteiger partial charge on any atom is -0.496 e. The normalized spacial score (nSPS) is 16.5. The molecule has 0 bridgehead atoms. The van der Waals surface area contributed by atoms with Crippen molar-refractivity contribution in [2.75, 3.05) is 25.7 Å². The number of fused-ring (bicyclic) bond motifs is 2. The predicted octanol–water partition coefficient (Wildman–Crippen LogP) is 3.96. The number of nitrogens with zero attached hydrogens (tertiary/aromatic N) is 2. The lowest BCUT2D eigenvalue weighted by atomic mass is 9.95. The molecular formula is C20H19ClN2O3. The molecule has 5 nitrogen and oxygen atoms in total. The number of aliphatic hydroxyl groups excluding tert-OH is 1. The molecule has 3 aromatic rings. The van der Waals surface area contributed by atoms with Crippen molar-refractivity contribution in [3.8, 4) is 11.5 Å². The Hall–Kier alpha value is -2.50. The Morgan fingerprint density at radius 3 is 2.62 bits per heavy atom. The average Bonchev–Trinajstić information content (AvgIpc) is 2.67. The van der Waals surface area contributed by atoms with Crippen molar-refractivity contribution in [3.05, 3.63) is 58.7 Å². The number of pyridine rings is 1. The molecule has 1 unspecified atom stereocenters. The van der Waals surface area contributed by atoms with Crippen molar-refractivity contribution < 1.29 is 14.6 Å². The molecule has 26 heavy (non-hydrogen) atoms. The number of rotatable bonds is 3. The van der Waals surface area contributed by atoms with E-state index in [0.29, 0.717) is 24.0 Å². The maximum absolute atomic E-state index is 10.8. The fraction of sp³-hybridized carbons (Fsp3) is 0.250. The second-order valence-corrected chi connectivity index (χ2v) is 6.61. The van der Waals surface area contributed by atoms with Gasteiger partial charge >= 0.3 is 0 Å². The van der Waals surface area contributed by atoms with Crippen molar-refractivity contribution in [1.82, 2.24) is 4.98 Å². The van der Waals surface area contributed by atoms with E-state index in [1.165, 1.54) is 0 Å². The van der Waals surface area contributed by atoms with Gasteiger partial charge in [-0.25, -0.2) is 4.98 Å². The Bertz CT molecular complexity index is 977. The zero-order valence-corrected chi connectivity index (χ0v) is 15.3. The number of anilines is 1. The predicted molar refractivity (Wildman–Crippen MR) is 102 cm³/mol. The Balaban J connectivity index is 1.80. The third-order valence-electron chi connectivity index (χ3n) is 4.79. The molecule has 134 valence electrons. The lowest BCUT2D eigenvalue weighted by molar-refractivity contribution is 0.169. The van der Waals surface area contributed by atoms with Gasteiger partial charge in [-0.2, -0.15) is 0 Å². The molecule has 1 aromatic heterocycles. The van der Waals surface area contributed by atoms with Crippen molar-refractivity contribution in [1.29, 1.82) is 0 Å². The maximum atomic E-state index is 10.8. The van der Waals surface area contributed by atoms with Crippen LogP contribution < -0.4 is 14.4 Å². The van der Waals surface area contributed by atoms with Crippen LogP contribution in [0.25, 0.3) is 10.8 Å². The highest BCUT2D eigenvalue weighted by atomic mass is 35.5. The molecule has 0 fully saturated rings. The Kier molecular flexibility index (Phi) is 4.34. The second-order valence-electron chi connectivity index (χ2n) is 6.25. The van der Waals surface area contributed by atoms with Gasteiger partial charge in [-0.3, -0.25) is 0 Å². The zero-order valence-electron chi connectivity index (χ0n) is 14.6. The van der Waals surface area contributed by atoms with Gasteiger partial charge in [0.25, 0.3) is 0 Å². The van der Waals surface area contributed by atoms with Gasteiger partial charge in [0, 0.05) is 23.1 Å². The van der Waals surface area contributed by atoms with Crippen molar-refractivity contribution in [3.63, 3.8) is 0 Å². The van der Waals surface area contributed by atoms with Crippen LogP contribution in [0, 0.1) is 0 Å². The minimum absolute atomic E-state index is 0.401. The highest BCUT2D eigenvalue weighted by Crippen LogP contribution is 2.41. The highest BCUT2D eigenvalue weighted by Gasteiger charge is 2.30. The van der Waals surface area contributed by atoms with E-state index in [1.54, 1.807) is 14.2 Å². The summed E-state index contributed by atoms with van der Waals surface area (Å²) in [5, 5.41) is 13.2. The average molecular weight is 371 g/mol. The number of aromatic nitrogens is 1. The molecule has 0 amide bonds. The molecule has 1 atom stereocenters. The first-order valence-electron chi connectivity index (χ1n) is 8.34. The van der Waals surface area contributed by atoms with E-state index in [4.69, 9.17) is 21.1 Å². The summed E-state index contributed by atoms with van der Waals surface area (Å²) in [7, 11) is 3.23. The molecule has 0 aliphatic carbocycles. The molecule has 1 N–H and O–H groups in total. The first kappa shape index (κ1) is 16.9. The number of aliphatic hydroxyl groups is 1. The molecule has 4 rings (SSSR count). The van der Waals surface area contributed by atoms with Crippen LogP contribution in [0.2, 0.25) is 5.15 Å². The van der Waals surface area contributed by atoms with Crippen LogP contribution in [0.1, 0.15) is 17.2 Å². The second kappa shape index (κ2) is 6.67. The molecular weight excluding hydrogens is 352 g/mol. The monoisotopic (exact) mass is 370 g/mol. The van der Waals surface area contributed by atoms with Crippen molar-refractivity contribution in [2.45, 2.75) is 12.6 Å². The number of β-amino-alcohol motifs (C(OH)–C–C–N with tert-alkyl or cyclic N) is 1. The van der Waals surface area contributed by atoms with E-state index in [0.717, 1.165) is 33.5 Å². The van der Waals surface area contributed by atoms with Gasteiger partial charge in [-0.05, 0) is 23.6 Å². The Morgan fingerprint density at radius 2 is 1.85 bits per heavy atom.